The van der Waals surface area contributed by atoms with Crippen LogP contribution in [-0.4, -0.2) is 51.1 Å². The van der Waals surface area contributed by atoms with Crippen molar-refractivity contribution in [2.24, 2.45) is 11.5 Å². The van der Waals surface area contributed by atoms with Gasteiger partial charge in [-0.05, 0) is 62.3 Å². The van der Waals surface area contributed by atoms with Gasteiger partial charge in [-0.15, -0.1) is 0 Å². The van der Waals surface area contributed by atoms with Crippen molar-refractivity contribution in [1.29, 1.82) is 0 Å². The molecule has 2 heterocycles. The minimum Gasteiger partial charge on any atom is -0.481 e. The molecule has 1 fully saturated rings. The fourth-order valence-corrected chi connectivity index (χ4v) is 5.06. The van der Waals surface area contributed by atoms with Crippen LogP contribution in [-0.2, 0) is 9.59 Å². The largest absolute Gasteiger partial charge is 0.481 e. The second kappa shape index (κ2) is 14.4. The molecule has 1 atom stereocenters. The van der Waals surface area contributed by atoms with Gasteiger partial charge in [0.15, 0.2) is 0 Å². The van der Waals surface area contributed by atoms with Crippen LogP contribution in [0.1, 0.15) is 69.3 Å². The number of nitrogens with two attached hydrogens (primary N) is 2. The van der Waals surface area contributed by atoms with E-state index in [-0.39, 0.29) is 24.0 Å². The molecule has 3 aromatic rings. The summed E-state index contributed by atoms with van der Waals surface area (Å²) in [5.74, 6) is 0.448. The lowest BCUT2D eigenvalue weighted by atomic mass is 9.92. The van der Waals surface area contributed by atoms with Gasteiger partial charge in [0.25, 0.3) is 0 Å². The number of ether oxygens (including phenoxy) is 1. The molecule has 0 saturated heterocycles. The Bertz CT molecular complexity index is 1310. The summed E-state index contributed by atoms with van der Waals surface area (Å²) in [5, 5.41) is 16.7. The molecule has 11 nitrogen and oxygen atoms in total. The van der Waals surface area contributed by atoms with Crippen LogP contribution in [0.3, 0.4) is 0 Å². The summed E-state index contributed by atoms with van der Waals surface area (Å²) in [6.07, 6.45) is 7.88. The molecule has 0 bridgehead atoms. The third-order valence-corrected chi connectivity index (χ3v) is 7.36. The first kappa shape index (κ1) is 29.7. The maximum atomic E-state index is 12.1. The molecule has 0 spiro atoms. The zero-order valence-corrected chi connectivity index (χ0v) is 23.4. The Morgan fingerprint density at radius 1 is 1.02 bits per heavy atom. The van der Waals surface area contributed by atoms with Crippen molar-refractivity contribution in [3.05, 3.63) is 54.2 Å². The average molecular weight is 562 g/mol. The fourth-order valence-electron chi connectivity index (χ4n) is 5.06. The molecule has 11 heteroatoms. The number of hydrogen-bond acceptors (Lipinski definition) is 9. The molecule has 0 aliphatic heterocycles. The van der Waals surface area contributed by atoms with Crippen LogP contribution in [0.2, 0.25) is 0 Å². The van der Waals surface area contributed by atoms with E-state index in [0.717, 1.165) is 55.3 Å². The number of methoxy groups -OCH3 is 1. The van der Waals surface area contributed by atoms with Gasteiger partial charge in [0.05, 0.1) is 30.4 Å². The van der Waals surface area contributed by atoms with E-state index in [4.69, 9.17) is 21.2 Å². The van der Waals surface area contributed by atoms with Gasteiger partial charge in [-0.2, -0.15) is 4.98 Å². The Labute approximate surface area is 240 Å². The topological polar surface area (TPSA) is 178 Å². The van der Waals surface area contributed by atoms with Crippen molar-refractivity contribution < 1.29 is 19.4 Å². The normalized spacial score (nSPS) is 17.4. The number of nitrogens with one attached hydrogen (secondary N) is 2. The van der Waals surface area contributed by atoms with Gasteiger partial charge >= 0.3 is 0 Å². The number of aliphatic hydroxyl groups excluding tert-OH is 1. The molecular formula is C30H39N7O4. The molecule has 41 heavy (non-hydrogen) atoms. The van der Waals surface area contributed by atoms with E-state index < -0.39 is 5.92 Å². The summed E-state index contributed by atoms with van der Waals surface area (Å²) in [5.41, 5.74) is 13.9. The summed E-state index contributed by atoms with van der Waals surface area (Å²) in [4.78, 5) is 36.9. The van der Waals surface area contributed by atoms with Crippen LogP contribution in [0.15, 0.2) is 48.7 Å². The molecule has 7 N–H and O–H groups in total. The van der Waals surface area contributed by atoms with Crippen LogP contribution in [0, 0.1) is 0 Å². The Balaban J connectivity index is 1.49. The zero-order chi connectivity index (χ0) is 29.2. The van der Waals surface area contributed by atoms with E-state index in [1.807, 2.05) is 36.4 Å². The number of carbonyl (C=O) groups excluding carboxylic acids is 2. The molecule has 1 unspecified atom stereocenters. The third-order valence-electron chi connectivity index (χ3n) is 7.36. The highest BCUT2D eigenvalue weighted by molar-refractivity contribution is 5.82. The van der Waals surface area contributed by atoms with Crippen LogP contribution in [0.4, 0.5) is 17.5 Å². The molecule has 1 aliphatic carbocycles. The fraction of sp³-hybridized carbons (Fsp3) is 0.433. The van der Waals surface area contributed by atoms with Gasteiger partial charge in [0.2, 0.25) is 23.6 Å². The lowest BCUT2D eigenvalue weighted by molar-refractivity contribution is -0.120. The second-order valence-electron chi connectivity index (χ2n) is 10.4. The molecule has 2 aromatic heterocycles. The number of unbranched alkanes of at least 4 members (excludes halogenated alkanes) is 2. The number of hydrogen-bond donors (Lipinski definition) is 5. The highest BCUT2D eigenvalue weighted by atomic mass is 16.5. The molecule has 1 saturated carbocycles. The Kier molecular flexibility index (Phi) is 10.4. The van der Waals surface area contributed by atoms with E-state index in [2.05, 4.69) is 20.6 Å². The monoisotopic (exact) mass is 561 g/mol. The lowest BCUT2D eigenvalue weighted by Crippen LogP contribution is -2.29. The van der Waals surface area contributed by atoms with Crippen LogP contribution >= 0.6 is 0 Å². The lowest BCUT2D eigenvalue weighted by Gasteiger charge is -2.27. The number of anilines is 3. The van der Waals surface area contributed by atoms with E-state index in [0.29, 0.717) is 42.6 Å². The van der Waals surface area contributed by atoms with Gasteiger partial charge in [0, 0.05) is 30.4 Å². The minimum absolute atomic E-state index is 0.173. The van der Waals surface area contributed by atoms with Crippen molar-refractivity contribution in [3.63, 3.8) is 0 Å². The summed E-state index contributed by atoms with van der Waals surface area (Å²) >= 11 is 0. The first-order chi connectivity index (χ1) is 19.8. The molecule has 1 aromatic carbocycles. The molecule has 0 radical (unpaired) electrons. The van der Waals surface area contributed by atoms with Crippen LogP contribution in [0.5, 0.6) is 5.88 Å². The summed E-state index contributed by atoms with van der Waals surface area (Å²) < 4.78 is 5.30. The molecule has 2 amide bonds. The first-order valence-corrected chi connectivity index (χ1v) is 14.1. The number of aromatic nitrogens is 3. The summed E-state index contributed by atoms with van der Waals surface area (Å²) in [6, 6.07) is 13.2. The van der Waals surface area contributed by atoms with Gasteiger partial charge in [-0.1, -0.05) is 31.0 Å². The smallest absolute Gasteiger partial charge is 0.229 e. The number of primary amides is 2. The minimum atomic E-state index is -0.409. The zero-order valence-electron chi connectivity index (χ0n) is 23.4. The quantitative estimate of drug-likeness (QED) is 0.182. The molecule has 218 valence electrons. The summed E-state index contributed by atoms with van der Waals surface area (Å²) in [7, 11) is 1.58. The van der Waals surface area contributed by atoms with Gasteiger partial charge in [-0.25, -0.2) is 9.97 Å². The van der Waals surface area contributed by atoms with Crippen LogP contribution < -0.4 is 26.8 Å². The Morgan fingerprint density at radius 3 is 2.46 bits per heavy atom. The van der Waals surface area contributed by atoms with E-state index in [9.17, 15) is 14.7 Å². The predicted molar refractivity (Wildman–Crippen MR) is 158 cm³/mol. The number of amides is 2. The van der Waals surface area contributed by atoms with Crippen molar-refractivity contribution >= 4 is 29.3 Å². The number of benzene rings is 1. The molecular weight excluding hydrogens is 522 g/mol. The van der Waals surface area contributed by atoms with Crippen molar-refractivity contribution in [2.75, 3.05) is 17.7 Å². The van der Waals surface area contributed by atoms with Crippen molar-refractivity contribution in [2.45, 2.75) is 75.9 Å². The number of aliphatic hydroxyl groups is 1. The second-order valence-corrected chi connectivity index (χ2v) is 10.4. The SMILES string of the molecule is COc1cccc(-c2cnc(Nc3ccc(C(CCCCCC(N)=O)C(N)=O)cc3)nc2N[C@H]2CC[C@H](O)CC2)n1. The van der Waals surface area contributed by atoms with E-state index in [1.54, 1.807) is 19.4 Å². The molecule has 1 aliphatic rings. The number of carbonyl (C=O) groups is 2. The van der Waals surface area contributed by atoms with Gasteiger partial charge < -0.3 is 31.9 Å². The predicted octanol–water partition coefficient (Wildman–Crippen LogP) is 4.01. The van der Waals surface area contributed by atoms with Gasteiger partial charge in [0.1, 0.15) is 5.82 Å². The van der Waals surface area contributed by atoms with Gasteiger partial charge in [-0.3, -0.25) is 9.59 Å². The van der Waals surface area contributed by atoms with Crippen LogP contribution in [0.25, 0.3) is 11.3 Å². The first-order valence-electron chi connectivity index (χ1n) is 14.1. The van der Waals surface area contributed by atoms with E-state index >= 15 is 0 Å². The Morgan fingerprint density at radius 2 is 1.78 bits per heavy atom. The standard InChI is InChI=1S/C30H39N7O4/c1-41-27-9-5-7-25(36-27)24-18-33-30(37-29(24)34-20-14-16-22(38)17-15-20)35-21-12-10-19(11-13-21)23(28(32)40)6-3-2-4-8-26(31)39/h5,7,9-13,18,20,22-23,38H,2-4,6,8,14-17H2,1H3,(H2,31,39)(H2,32,40)(H2,33,34,35,37)/t20-,22-,23?. The van der Waals surface area contributed by atoms with Crippen molar-refractivity contribution in [3.8, 4) is 17.1 Å². The number of nitrogens with zero attached hydrogens (tertiary/aromatic N) is 3. The third kappa shape index (κ3) is 8.62. The maximum Gasteiger partial charge on any atom is 0.229 e. The Hall–Kier alpha value is -4.25. The summed E-state index contributed by atoms with van der Waals surface area (Å²) in [6.45, 7) is 0. The molecule has 4 rings (SSSR count). The highest BCUT2D eigenvalue weighted by Crippen LogP contribution is 2.31. The number of pyridine rings is 1. The average Bonchev–Trinajstić information content (AvgIpc) is 2.96. The number of rotatable bonds is 14. The van der Waals surface area contributed by atoms with E-state index in [1.165, 1.54) is 0 Å². The van der Waals surface area contributed by atoms with Crippen molar-refractivity contribution in [1.82, 2.24) is 15.0 Å². The maximum absolute atomic E-state index is 12.1. The highest BCUT2D eigenvalue weighted by Gasteiger charge is 2.22.